The third-order valence-corrected chi connectivity index (χ3v) is 4.48. The number of hydrogen-bond acceptors (Lipinski definition) is 4. The van der Waals surface area contributed by atoms with E-state index in [2.05, 4.69) is 5.32 Å². The van der Waals surface area contributed by atoms with Crippen LogP contribution in [0.3, 0.4) is 0 Å². The van der Waals surface area contributed by atoms with Crippen molar-refractivity contribution in [3.8, 4) is 0 Å². The summed E-state index contributed by atoms with van der Waals surface area (Å²) >= 11 is 0. The molecule has 0 saturated heterocycles. The average Bonchev–Trinajstić information content (AvgIpc) is 2.36. The Morgan fingerprint density at radius 3 is 2.20 bits per heavy atom. The summed E-state index contributed by atoms with van der Waals surface area (Å²) < 4.78 is 25.6. The molecule has 1 amide bonds. The lowest BCUT2D eigenvalue weighted by molar-refractivity contribution is 0.0640. The molecule has 0 bridgehead atoms. The standard InChI is InChI=1S/C13H20N2O4S/c1-13(2,17)9-15(4)20(18,19)11-7-5-10(6-8-11)12(16)14-3/h5-8,17H,9H2,1-4H3,(H,14,16). The molecule has 0 aliphatic carbocycles. The predicted octanol–water partition coefficient (Wildman–Crippen LogP) is 0.438. The van der Waals surface area contributed by atoms with Crippen LogP contribution >= 0.6 is 0 Å². The highest BCUT2D eigenvalue weighted by molar-refractivity contribution is 7.89. The summed E-state index contributed by atoms with van der Waals surface area (Å²) in [4.78, 5) is 11.5. The summed E-state index contributed by atoms with van der Waals surface area (Å²) in [6.07, 6.45) is 0. The third-order valence-electron chi connectivity index (χ3n) is 2.66. The van der Waals surface area contributed by atoms with Crippen LogP contribution in [0.1, 0.15) is 24.2 Å². The van der Waals surface area contributed by atoms with Gasteiger partial charge >= 0.3 is 0 Å². The molecule has 0 heterocycles. The highest BCUT2D eigenvalue weighted by atomic mass is 32.2. The molecule has 1 rings (SSSR count). The van der Waals surface area contributed by atoms with E-state index in [0.29, 0.717) is 5.56 Å². The summed E-state index contributed by atoms with van der Waals surface area (Å²) in [6, 6.07) is 5.65. The fourth-order valence-corrected chi connectivity index (χ4v) is 3.06. The number of sulfonamides is 1. The monoisotopic (exact) mass is 300 g/mol. The fourth-order valence-electron chi connectivity index (χ4n) is 1.73. The van der Waals surface area contributed by atoms with Gasteiger partial charge in [0.2, 0.25) is 10.0 Å². The van der Waals surface area contributed by atoms with Gasteiger partial charge in [-0.1, -0.05) is 0 Å². The van der Waals surface area contributed by atoms with Crippen LogP contribution in [0.2, 0.25) is 0 Å². The summed E-state index contributed by atoms with van der Waals surface area (Å²) in [5.74, 6) is -0.279. The van der Waals surface area contributed by atoms with Gasteiger partial charge in [0.15, 0.2) is 0 Å². The van der Waals surface area contributed by atoms with Gasteiger partial charge in [0.25, 0.3) is 5.91 Å². The molecule has 112 valence electrons. The number of carbonyl (C=O) groups is 1. The zero-order valence-electron chi connectivity index (χ0n) is 12.0. The SMILES string of the molecule is CNC(=O)c1ccc(S(=O)(=O)N(C)CC(C)(C)O)cc1. The fraction of sp³-hybridized carbons (Fsp3) is 0.462. The Kier molecular flexibility index (Phi) is 4.90. The number of rotatable bonds is 5. The van der Waals surface area contributed by atoms with Gasteiger partial charge in [0, 0.05) is 26.2 Å². The topological polar surface area (TPSA) is 86.7 Å². The number of likely N-dealkylation sites (N-methyl/N-ethyl adjacent to an activating group) is 1. The molecule has 1 aromatic carbocycles. The number of nitrogens with one attached hydrogen (secondary N) is 1. The maximum Gasteiger partial charge on any atom is 0.251 e. The first-order valence-electron chi connectivity index (χ1n) is 6.09. The maximum atomic E-state index is 12.3. The van der Waals surface area contributed by atoms with Crippen LogP contribution in [-0.2, 0) is 10.0 Å². The molecule has 6 nitrogen and oxygen atoms in total. The Labute approximate surface area is 119 Å². The smallest absolute Gasteiger partial charge is 0.251 e. The number of amides is 1. The van der Waals surface area contributed by atoms with Crippen molar-refractivity contribution in [1.82, 2.24) is 9.62 Å². The molecule has 0 atom stereocenters. The van der Waals surface area contributed by atoms with E-state index in [1.807, 2.05) is 0 Å². The van der Waals surface area contributed by atoms with Crippen LogP contribution in [0.15, 0.2) is 29.2 Å². The molecule has 7 heteroatoms. The predicted molar refractivity (Wildman–Crippen MR) is 75.9 cm³/mol. The highest BCUT2D eigenvalue weighted by Gasteiger charge is 2.26. The van der Waals surface area contributed by atoms with Crippen LogP contribution in [0, 0.1) is 0 Å². The van der Waals surface area contributed by atoms with E-state index in [4.69, 9.17) is 0 Å². The molecule has 0 unspecified atom stereocenters. The van der Waals surface area contributed by atoms with Gasteiger partial charge in [0.1, 0.15) is 0 Å². The van der Waals surface area contributed by atoms with Crippen LogP contribution in [0.4, 0.5) is 0 Å². The second-order valence-electron chi connectivity index (χ2n) is 5.18. The van der Waals surface area contributed by atoms with E-state index in [0.717, 1.165) is 4.31 Å². The minimum absolute atomic E-state index is 0.0213. The lowest BCUT2D eigenvalue weighted by atomic mass is 10.1. The lowest BCUT2D eigenvalue weighted by Gasteiger charge is -2.25. The van der Waals surface area contributed by atoms with Crippen molar-refractivity contribution in [2.75, 3.05) is 20.6 Å². The van der Waals surface area contributed by atoms with Crippen LogP contribution in [0.25, 0.3) is 0 Å². The Balaban J connectivity index is 3.02. The van der Waals surface area contributed by atoms with E-state index in [9.17, 15) is 18.3 Å². The highest BCUT2D eigenvalue weighted by Crippen LogP contribution is 2.17. The molecule has 0 aromatic heterocycles. The molecule has 0 radical (unpaired) electrons. The van der Waals surface area contributed by atoms with Gasteiger partial charge in [-0.3, -0.25) is 4.79 Å². The minimum atomic E-state index is -3.68. The van der Waals surface area contributed by atoms with Crippen molar-refractivity contribution < 1.29 is 18.3 Å². The quantitative estimate of drug-likeness (QED) is 0.826. The first-order chi connectivity index (χ1) is 9.08. The van der Waals surface area contributed by atoms with Gasteiger partial charge in [-0.2, -0.15) is 4.31 Å². The minimum Gasteiger partial charge on any atom is -0.389 e. The second kappa shape index (κ2) is 5.90. The van der Waals surface area contributed by atoms with E-state index in [1.165, 1.54) is 52.2 Å². The molecule has 1 aromatic rings. The van der Waals surface area contributed by atoms with Crippen LogP contribution in [0.5, 0.6) is 0 Å². The average molecular weight is 300 g/mol. The summed E-state index contributed by atoms with van der Waals surface area (Å²) in [5, 5.41) is 12.1. The van der Waals surface area contributed by atoms with Gasteiger partial charge in [-0.05, 0) is 38.1 Å². The van der Waals surface area contributed by atoms with E-state index in [1.54, 1.807) is 0 Å². The number of benzene rings is 1. The number of nitrogens with zero attached hydrogens (tertiary/aromatic N) is 1. The molecular weight excluding hydrogens is 280 g/mol. The van der Waals surface area contributed by atoms with Gasteiger partial charge in [-0.25, -0.2) is 8.42 Å². The van der Waals surface area contributed by atoms with Crippen LogP contribution < -0.4 is 5.32 Å². The van der Waals surface area contributed by atoms with E-state index in [-0.39, 0.29) is 17.3 Å². The molecule has 0 saturated carbocycles. The van der Waals surface area contributed by atoms with Crippen molar-refractivity contribution in [3.63, 3.8) is 0 Å². The van der Waals surface area contributed by atoms with E-state index >= 15 is 0 Å². The Bertz CT molecular complexity index is 573. The second-order valence-corrected chi connectivity index (χ2v) is 7.22. The zero-order valence-corrected chi connectivity index (χ0v) is 12.9. The van der Waals surface area contributed by atoms with Gasteiger partial charge in [0.05, 0.1) is 10.5 Å². The lowest BCUT2D eigenvalue weighted by Crippen LogP contribution is -2.39. The zero-order chi connectivity index (χ0) is 15.6. The van der Waals surface area contributed by atoms with Gasteiger partial charge in [-0.15, -0.1) is 0 Å². The van der Waals surface area contributed by atoms with Crippen molar-refractivity contribution in [3.05, 3.63) is 29.8 Å². The number of aliphatic hydroxyl groups is 1. The Hall–Kier alpha value is -1.44. The molecule has 20 heavy (non-hydrogen) atoms. The first kappa shape index (κ1) is 16.6. The number of hydrogen-bond donors (Lipinski definition) is 2. The molecule has 0 aliphatic rings. The largest absolute Gasteiger partial charge is 0.389 e. The third kappa shape index (κ3) is 4.03. The van der Waals surface area contributed by atoms with Crippen LogP contribution in [-0.4, -0.2) is 50.0 Å². The molecule has 0 spiro atoms. The molecule has 0 aliphatic heterocycles. The van der Waals surface area contributed by atoms with Crippen molar-refractivity contribution in [2.24, 2.45) is 0 Å². The molecular formula is C13H20N2O4S. The number of carbonyl (C=O) groups excluding carboxylic acids is 1. The van der Waals surface area contributed by atoms with Crippen molar-refractivity contribution in [2.45, 2.75) is 24.3 Å². The normalized spacial score (nSPS) is 12.5. The summed E-state index contributed by atoms with van der Waals surface area (Å²) in [6.45, 7) is 3.05. The van der Waals surface area contributed by atoms with Crippen molar-refractivity contribution in [1.29, 1.82) is 0 Å². The van der Waals surface area contributed by atoms with Gasteiger partial charge < -0.3 is 10.4 Å². The Morgan fingerprint density at radius 2 is 1.80 bits per heavy atom. The van der Waals surface area contributed by atoms with E-state index < -0.39 is 15.6 Å². The maximum absolute atomic E-state index is 12.3. The summed E-state index contributed by atoms with van der Waals surface area (Å²) in [5.41, 5.74) is -0.735. The first-order valence-corrected chi connectivity index (χ1v) is 7.53. The Morgan fingerprint density at radius 1 is 1.30 bits per heavy atom. The molecule has 2 N–H and O–H groups in total. The summed E-state index contributed by atoms with van der Waals surface area (Å²) in [7, 11) is -0.773. The van der Waals surface area contributed by atoms with Crippen molar-refractivity contribution >= 4 is 15.9 Å². The molecule has 0 fully saturated rings.